The van der Waals surface area contributed by atoms with E-state index in [-0.39, 0.29) is 13.2 Å². The molecular weight excluding hydrogens is 250 g/mol. The minimum Gasteiger partial charge on any atom is -0.462 e. The number of esters is 1. The van der Waals surface area contributed by atoms with Gasteiger partial charge in [0.05, 0.1) is 20.2 Å². The van der Waals surface area contributed by atoms with Crippen LogP contribution in [0.1, 0.15) is 13.3 Å². The molecule has 6 nitrogen and oxygen atoms in total. The molecule has 1 N–H and O–H groups in total. The molecule has 0 aromatic carbocycles. The highest BCUT2D eigenvalue weighted by molar-refractivity contribution is 5.70. The largest absolute Gasteiger partial charge is 0.462 e. The van der Waals surface area contributed by atoms with E-state index < -0.39 is 18.2 Å². The van der Waals surface area contributed by atoms with Crippen molar-refractivity contribution in [3.8, 4) is 0 Å². The van der Waals surface area contributed by atoms with Crippen LogP contribution in [0.2, 0.25) is 0 Å². The summed E-state index contributed by atoms with van der Waals surface area (Å²) in [5.74, 6) is -0.397. The fourth-order valence-electron chi connectivity index (χ4n) is 1.46. The Balaban J connectivity index is 4.13. The summed E-state index contributed by atoms with van der Waals surface area (Å²) in [6.45, 7) is 6.44. The second kappa shape index (κ2) is 8.66. The summed E-state index contributed by atoms with van der Waals surface area (Å²) >= 11 is 0. The molecule has 0 saturated carbocycles. The van der Waals surface area contributed by atoms with Gasteiger partial charge in [-0.05, 0) is 13.3 Å². The predicted molar refractivity (Wildman–Crippen MR) is 70.2 cm³/mol. The van der Waals surface area contributed by atoms with Gasteiger partial charge in [0, 0.05) is 0 Å². The molecule has 110 valence electrons. The molecule has 6 heteroatoms. The van der Waals surface area contributed by atoms with Crippen LogP contribution in [-0.4, -0.2) is 68.0 Å². The van der Waals surface area contributed by atoms with Crippen molar-refractivity contribution in [2.24, 2.45) is 0 Å². The van der Waals surface area contributed by atoms with E-state index in [1.807, 2.05) is 14.1 Å². The number of rotatable bonds is 10. The number of aliphatic hydroxyl groups is 1. The molecule has 2 atom stereocenters. The van der Waals surface area contributed by atoms with E-state index >= 15 is 0 Å². The first-order chi connectivity index (χ1) is 8.82. The van der Waals surface area contributed by atoms with Crippen molar-refractivity contribution in [3.63, 3.8) is 0 Å². The Morgan fingerprint density at radius 1 is 1.47 bits per heavy atom. The molecule has 2 unspecified atom stereocenters. The third-order valence-electron chi connectivity index (χ3n) is 2.71. The molecule has 0 saturated heterocycles. The lowest BCUT2D eigenvalue weighted by Crippen LogP contribution is -2.47. The number of carbonyl (C=O) groups is 2. The molecule has 0 aliphatic carbocycles. The third kappa shape index (κ3) is 8.34. The molecule has 0 aliphatic heterocycles. The molecule has 0 aromatic rings. The summed E-state index contributed by atoms with van der Waals surface area (Å²) in [5.41, 5.74) is 0. The Kier molecular flexibility index (Phi) is 8.02. The van der Waals surface area contributed by atoms with E-state index in [1.54, 1.807) is 13.0 Å². The van der Waals surface area contributed by atoms with Gasteiger partial charge >= 0.3 is 5.97 Å². The van der Waals surface area contributed by atoms with E-state index in [0.29, 0.717) is 23.9 Å². The zero-order valence-corrected chi connectivity index (χ0v) is 11.9. The van der Waals surface area contributed by atoms with Gasteiger partial charge < -0.3 is 19.1 Å². The van der Waals surface area contributed by atoms with Crippen LogP contribution >= 0.6 is 0 Å². The zero-order valence-electron chi connectivity index (χ0n) is 11.9. The van der Waals surface area contributed by atoms with Crippen LogP contribution in [-0.2, 0) is 19.1 Å². The van der Waals surface area contributed by atoms with E-state index in [4.69, 9.17) is 4.74 Å². The smallest absolute Gasteiger partial charge is 0.362 e. The predicted octanol–water partition coefficient (Wildman–Crippen LogP) is 0.105. The van der Waals surface area contributed by atoms with Gasteiger partial charge in [-0.2, -0.15) is 0 Å². The van der Waals surface area contributed by atoms with Gasteiger partial charge in [-0.25, -0.2) is 4.79 Å². The average Bonchev–Trinajstić information content (AvgIpc) is 2.28. The molecular formula is C13H24NO5+. The fraction of sp³-hybridized carbons (Fsp3) is 0.692. The maximum absolute atomic E-state index is 11.7. The highest BCUT2D eigenvalue weighted by atomic mass is 16.6. The molecule has 0 bridgehead atoms. The molecule has 0 radical (unpaired) electrons. The Morgan fingerprint density at radius 2 is 2.11 bits per heavy atom. The Hall–Kier alpha value is -1.40. The molecule has 0 fully saturated rings. The number of nitrogens with zero attached hydrogens (tertiary/aromatic N) is 1. The molecule has 0 heterocycles. The van der Waals surface area contributed by atoms with Crippen molar-refractivity contribution < 1.29 is 28.7 Å². The number of ether oxygens (including phenoxy) is 2. The highest BCUT2D eigenvalue weighted by Crippen LogP contribution is 2.06. The van der Waals surface area contributed by atoms with Crippen LogP contribution in [0.5, 0.6) is 0 Å². The Bertz CT molecular complexity index is 303. The Morgan fingerprint density at radius 3 is 2.63 bits per heavy atom. The summed E-state index contributed by atoms with van der Waals surface area (Å²) in [7, 11) is 3.67. The van der Waals surface area contributed by atoms with Crippen LogP contribution in [0.25, 0.3) is 0 Å². The van der Waals surface area contributed by atoms with Gasteiger partial charge in [-0.3, -0.25) is 4.79 Å². The normalized spacial score (nSPS) is 14.3. The van der Waals surface area contributed by atoms with Crippen LogP contribution in [0.3, 0.4) is 0 Å². The molecule has 19 heavy (non-hydrogen) atoms. The monoisotopic (exact) mass is 274 g/mol. The minimum absolute atomic E-state index is 0.146. The van der Waals surface area contributed by atoms with Gasteiger partial charge in [-0.1, -0.05) is 6.08 Å². The molecule has 0 aliphatic rings. The third-order valence-corrected chi connectivity index (χ3v) is 2.71. The number of likely N-dealkylation sites (N-methyl/N-ethyl adjacent to an activating group) is 1. The maximum atomic E-state index is 11.7. The zero-order chi connectivity index (χ0) is 14.9. The van der Waals surface area contributed by atoms with Crippen LogP contribution in [0, 0.1) is 0 Å². The first-order valence-corrected chi connectivity index (χ1v) is 6.18. The van der Waals surface area contributed by atoms with Crippen molar-refractivity contribution in [1.82, 2.24) is 0 Å². The second-order valence-corrected chi connectivity index (χ2v) is 5.07. The number of carbonyl (C=O) groups excluding carboxylic acids is 2. The van der Waals surface area contributed by atoms with E-state index in [0.717, 1.165) is 0 Å². The number of hydrogen-bond donors (Lipinski definition) is 1. The molecule has 0 aromatic heterocycles. The summed E-state index contributed by atoms with van der Waals surface area (Å²) in [4.78, 5) is 21.8. The lowest BCUT2D eigenvalue weighted by Gasteiger charge is -2.29. The standard InChI is InChI=1S/C13H24NO5/c1-5-6-12(16)11(2)19-13(17)9-14(3,4)7-8-18-10-15/h5,10-12,16H,1,6-9H2,2-4H3/q+1. The van der Waals surface area contributed by atoms with Crippen LogP contribution in [0.15, 0.2) is 12.7 Å². The van der Waals surface area contributed by atoms with Gasteiger partial charge in [0.1, 0.15) is 19.3 Å². The summed E-state index contributed by atoms with van der Waals surface area (Å²) < 4.78 is 10.1. The van der Waals surface area contributed by atoms with Gasteiger partial charge in [0.25, 0.3) is 6.47 Å². The van der Waals surface area contributed by atoms with Gasteiger partial charge in [0.15, 0.2) is 6.54 Å². The number of hydrogen-bond acceptors (Lipinski definition) is 5. The first-order valence-electron chi connectivity index (χ1n) is 6.18. The van der Waals surface area contributed by atoms with Gasteiger partial charge in [-0.15, -0.1) is 6.58 Å². The summed E-state index contributed by atoms with van der Waals surface area (Å²) in [5, 5.41) is 9.63. The molecule has 0 spiro atoms. The SMILES string of the molecule is C=CCC(O)C(C)OC(=O)C[N+](C)(C)CCOC=O. The van der Waals surface area contributed by atoms with E-state index in [2.05, 4.69) is 11.3 Å². The minimum atomic E-state index is -0.740. The van der Waals surface area contributed by atoms with Crippen molar-refractivity contribution in [1.29, 1.82) is 0 Å². The van der Waals surface area contributed by atoms with Crippen LogP contribution < -0.4 is 0 Å². The number of quaternary nitrogens is 1. The van der Waals surface area contributed by atoms with E-state index in [1.165, 1.54) is 0 Å². The van der Waals surface area contributed by atoms with Crippen molar-refractivity contribution >= 4 is 12.4 Å². The van der Waals surface area contributed by atoms with Crippen molar-refractivity contribution in [3.05, 3.63) is 12.7 Å². The molecule has 0 amide bonds. The van der Waals surface area contributed by atoms with Crippen LogP contribution in [0.4, 0.5) is 0 Å². The topological polar surface area (TPSA) is 72.8 Å². The highest BCUT2D eigenvalue weighted by Gasteiger charge is 2.24. The van der Waals surface area contributed by atoms with Crippen molar-refractivity contribution in [2.75, 3.05) is 33.8 Å². The first kappa shape index (κ1) is 17.6. The lowest BCUT2D eigenvalue weighted by atomic mass is 10.1. The average molecular weight is 274 g/mol. The summed E-state index contributed by atoms with van der Waals surface area (Å²) in [6.07, 6.45) is 0.637. The van der Waals surface area contributed by atoms with Gasteiger partial charge in [0.2, 0.25) is 0 Å². The van der Waals surface area contributed by atoms with E-state index in [9.17, 15) is 14.7 Å². The van der Waals surface area contributed by atoms with Crippen molar-refractivity contribution in [2.45, 2.75) is 25.6 Å². The summed E-state index contributed by atoms with van der Waals surface area (Å²) in [6, 6.07) is 0. The number of aliphatic hydroxyl groups excluding tert-OH is 1. The second-order valence-electron chi connectivity index (χ2n) is 5.07. The Labute approximate surface area is 114 Å². The lowest BCUT2D eigenvalue weighted by molar-refractivity contribution is -0.883. The quantitative estimate of drug-likeness (QED) is 0.201. The maximum Gasteiger partial charge on any atom is 0.362 e. The molecule has 0 rings (SSSR count). The fourth-order valence-corrected chi connectivity index (χ4v) is 1.46.